The minimum Gasteiger partial charge on any atom is -0.394 e. The van der Waals surface area contributed by atoms with Gasteiger partial charge in [0, 0.05) is 11.9 Å². The molecule has 1 heterocycles. The molecule has 0 spiro atoms. The standard InChI is InChI=1S/C23H33N5O4/c1-2-7-20(28-22(31)18(24)15-30)23(32)26-17(14-29)9-5-6-13-25-21-12-11-16-8-3-4-10-19(16)27-21/h3-4,8,10-12,14,17-18,20,30H,2,5-7,9,13,15,24H2,1H3,(H,25,27)(H,26,32)(H,28,31). The summed E-state index contributed by atoms with van der Waals surface area (Å²) in [6.45, 7) is 2.07. The topological polar surface area (TPSA) is 146 Å². The van der Waals surface area contributed by atoms with Gasteiger partial charge in [0.2, 0.25) is 11.8 Å². The van der Waals surface area contributed by atoms with E-state index in [2.05, 4.69) is 20.9 Å². The van der Waals surface area contributed by atoms with Crippen LogP contribution < -0.4 is 21.7 Å². The quantitative estimate of drug-likeness (QED) is 0.217. The van der Waals surface area contributed by atoms with E-state index < -0.39 is 36.5 Å². The van der Waals surface area contributed by atoms with Gasteiger partial charge in [0.25, 0.3) is 0 Å². The van der Waals surface area contributed by atoms with Crippen LogP contribution >= 0.6 is 0 Å². The molecule has 9 nitrogen and oxygen atoms in total. The third kappa shape index (κ3) is 7.90. The number of amides is 2. The maximum absolute atomic E-state index is 12.5. The predicted octanol–water partition coefficient (Wildman–Crippen LogP) is 1.11. The molecule has 2 aromatic rings. The molecule has 6 N–H and O–H groups in total. The molecule has 3 unspecified atom stereocenters. The highest BCUT2D eigenvalue weighted by Crippen LogP contribution is 2.14. The maximum Gasteiger partial charge on any atom is 0.243 e. The van der Waals surface area contributed by atoms with Gasteiger partial charge < -0.3 is 31.6 Å². The number of benzene rings is 1. The summed E-state index contributed by atoms with van der Waals surface area (Å²) in [5, 5.41) is 18.6. The van der Waals surface area contributed by atoms with Gasteiger partial charge >= 0.3 is 0 Å². The summed E-state index contributed by atoms with van der Waals surface area (Å²) >= 11 is 0. The van der Waals surface area contributed by atoms with Gasteiger partial charge in [-0.2, -0.15) is 0 Å². The summed E-state index contributed by atoms with van der Waals surface area (Å²) in [5.41, 5.74) is 6.42. The van der Waals surface area contributed by atoms with Crippen molar-refractivity contribution in [2.24, 2.45) is 5.73 Å². The Balaban J connectivity index is 1.76. The maximum atomic E-state index is 12.5. The number of aliphatic hydroxyl groups is 1. The first-order valence-corrected chi connectivity index (χ1v) is 11.0. The molecule has 0 aliphatic rings. The van der Waals surface area contributed by atoms with Gasteiger partial charge in [-0.05, 0) is 43.9 Å². The van der Waals surface area contributed by atoms with Gasteiger partial charge in [-0.3, -0.25) is 9.59 Å². The largest absolute Gasteiger partial charge is 0.394 e. The zero-order valence-electron chi connectivity index (χ0n) is 18.4. The smallest absolute Gasteiger partial charge is 0.243 e. The van der Waals surface area contributed by atoms with Crippen LogP contribution in [0.25, 0.3) is 10.9 Å². The summed E-state index contributed by atoms with van der Waals surface area (Å²) in [6.07, 6.45) is 3.79. The lowest BCUT2D eigenvalue weighted by molar-refractivity contribution is -0.131. The van der Waals surface area contributed by atoms with E-state index in [4.69, 9.17) is 10.8 Å². The van der Waals surface area contributed by atoms with Crippen LogP contribution in [0, 0.1) is 0 Å². The molecule has 0 bridgehead atoms. The number of para-hydroxylation sites is 1. The lowest BCUT2D eigenvalue weighted by Gasteiger charge is -2.21. The highest BCUT2D eigenvalue weighted by molar-refractivity contribution is 5.90. The molecule has 0 radical (unpaired) electrons. The number of anilines is 1. The lowest BCUT2D eigenvalue weighted by atomic mass is 10.1. The molecule has 174 valence electrons. The SMILES string of the molecule is CCCC(NC(=O)C(N)CO)C(=O)NC(C=O)CCCCNc1ccc2ccccc2n1. The molecule has 9 heteroatoms. The average molecular weight is 444 g/mol. The minimum absolute atomic E-state index is 0.407. The van der Waals surface area contributed by atoms with Gasteiger partial charge in [0.1, 0.15) is 24.2 Å². The second-order valence-electron chi connectivity index (χ2n) is 7.70. The van der Waals surface area contributed by atoms with E-state index in [1.165, 1.54) is 0 Å². The summed E-state index contributed by atoms with van der Waals surface area (Å²) in [5.74, 6) is -0.235. The van der Waals surface area contributed by atoms with Crippen LogP contribution in [0.3, 0.4) is 0 Å². The Kier molecular flexibility index (Phi) is 10.6. The van der Waals surface area contributed by atoms with Crippen molar-refractivity contribution in [3.8, 4) is 0 Å². The van der Waals surface area contributed by atoms with Gasteiger partial charge in [-0.15, -0.1) is 0 Å². The van der Waals surface area contributed by atoms with E-state index in [0.717, 1.165) is 29.6 Å². The zero-order chi connectivity index (χ0) is 23.3. The summed E-state index contributed by atoms with van der Waals surface area (Å²) in [4.78, 5) is 40.4. The van der Waals surface area contributed by atoms with Crippen molar-refractivity contribution in [1.29, 1.82) is 0 Å². The molecule has 32 heavy (non-hydrogen) atoms. The van der Waals surface area contributed by atoms with Crippen LogP contribution in [-0.2, 0) is 14.4 Å². The molecule has 2 amide bonds. The van der Waals surface area contributed by atoms with E-state index in [0.29, 0.717) is 32.1 Å². The Labute approximate surface area is 188 Å². The van der Waals surface area contributed by atoms with Gasteiger partial charge in [-0.25, -0.2) is 4.98 Å². The number of nitrogens with two attached hydrogens (primary N) is 1. The number of unbranched alkanes of at least 4 members (excludes halogenated alkanes) is 1. The first kappa shape index (κ1) is 25.2. The van der Waals surface area contributed by atoms with Crippen molar-refractivity contribution in [3.05, 3.63) is 36.4 Å². The number of hydrogen-bond acceptors (Lipinski definition) is 7. The molecule has 1 aromatic heterocycles. The van der Waals surface area contributed by atoms with Gasteiger partial charge in [-0.1, -0.05) is 31.5 Å². The Hall–Kier alpha value is -3.04. The normalized spacial score (nSPS) is 13.7. The zero-order valence-corrected chi connectivity index (χ0v) is 18.4. The number of pyridine rings is 1. The van der Waals surface area contributed by atoms with Crippen LogP contribution in [0.15, 0.2) is 36.4 Å². The number of nitrogens with one attached hydrogen (secondary N) is 3. The number of aldehydes is 1. The molecular formula is C23H33N5O4. The Bertz CT molecular complexity index is 892. The summed E-state index contributed by atoms with van der Waals surface area (Å²) in [6, 6.07) is 9.32. The number of aromatic nitrogens is 1. The molecule has 1 aromatic carbocycles. The number of fused-ring (bicyclic) bond motifs is 1. The van der Waals surface area contributed by atoms with Crippen molar-refractivity contribution in [1.82, 2.24) is 15.6 Å². The third-order valence-electron chi connectivity index (χ3n) is 5.08. The highest BCUT2D eigenvalue weighted by atomic mass is 16.3. The number of rotatable bonds is 14. The van der Waals surface area contributed by atoms with Crippen LogP contribution in [0.4, 0.5) is 5.82 Å². The van der Waals surface area contributed by atoms with E-state index in [9.17, 15) is 14.4 Å². The number of hydrogen-bond donors (Lipinski definition) is 5. The first-order chi connectivity index (χ1) is 15.5. The lowest BCUT2D eigenvalue weighted by Crippen LogP contribution is -2.54. The van der Waals surface area contributed by atoms with Crippen LogP contribution in [0.1, 0.15) is 39.0 Å². The van der Waals surface area contributed by atoms with E-state index in [1.807, 2.05) is 43.3 Å². The molecule has 2 rings (SSSR count). The monoisotopic (exact) mass is 443 g/mol. The van der Waals surface area contributed by atoms with Gasteiger partial charge in [0.15, 0.2) is 0 Å². The Morgan fingerprint density at radius 3 is 2.59 bits per heavy atom. The molecule has 0 saturated carbocycles. The fraction of sp³-hybridized carbons (Fsp3) is 0.478. The number of carbonyl (C=O) groups excluding carboxylic acids is 3. The van der Waals surface area contributed by atoms with Crippen LogP contribution in [-0.4, -0.2) is 59.5 Å². The third-order valence-corrected chi connectivity index (χ3v) is 5.08. The van der Waals surface area contributed by atoms with E-state index in [-0.39, 0.29) is 0 Å². The van der Waals surface area contributed by atoms with Crippen molar-refractivity contribution in [3.63, 3.8) is 0 Å². The average Bonchev–Trinajstić information content (AvgIpc) is 2.81. The predicted molar refractivity (Wildman–Crippen MR) is 124 cm³/mol. The van der Waals surface area contributed by atoms with Crippen molar-refractivity contribution in [2.75, 3.05) is 18.5 Å². The van der Waals surface area contributed by atoms with Crippen molar-refractivity contribution in [2.45, 2.75) is 57.2 Å². The summed E-state index contributed by atoms with van der Waals surface area (Å²) in [7, 11) is 0. The second kappa shape index (κ2) is 13.4. The fourth-order valence-corrected chi connectivity index (χ4v) is 3.25. The van der Waals surface area contributed by atoms with E-state index >= 15 is 0 Å². The summed E-state index contributed by atoms with van der Waals surface area (Å²) < 4.78 is 0. The number of nitrogens with zero attached hydrogens (tertiary/aromatic N) is 1. The number of carbonyl (C=O) groups is 3. The highest BCUT2D eigenvalue weighted by Gasteiger charge is 2.24. The minimum atomic E-state index is -1.09. The van der Waals surface area contributed by atoms with Crippen molar-refractivity contribution < 1.29 is 19.5 Å². The second-order valence-corrected chi connectivity index (χ2v) is 7.70. The molecule has 3 atom stereocenters. The van der Waals surface area contributed by atoms with Gasteiger partial charge in [0.05, 0.1) is 18.2 Å². The van der Waals surface area contributed by atoms with Crippen LogP contribution in [0.5, 0.6) is 0 Å². The fourth-order valence-electron chi connectivity index (χ4n) is 3.25. The Morgan fingerprint density at radius 2 is 1.88 bits per heavy atom. The molecule has 0 aliphatic heterocycles. The molecular weight excluding hydrogens is 410 g/mol. The Morgan fingerprint density at radius 1 is 1.09 bits per heavy atom. The molecule has 0 saturated heterocycles. The van der Waals surface area contributed by atoms with Crippen molar-refractivity contribution >= 4 is 34.8 Å². The van der Waals surface area contributed by atoms with Crippen LogP contribution in [0.2, 0.25) is 0 Å². The first-order valence-electron chi connectivity index (χ1n) is 11.0. The molecule has 0 aliphatic carbocycles. The van der Waals surface area contributed by atoms with E-state index in [1.54, 1.807) is 0 Å². The molecule has 0 fully saturated rings. The number of aliphatic hydroxyl groups excluding tert-OH is 1.